The Morgan fingerprint density at radius 2 is 2.64 bits per heavy atom. The summed E-state index contributed by atoms with van der Waals surface area (Å²) in [5, 5.41) is 8.15. The van der Waals surface area contributed by atoms with E-state index in [0.29, 0.717) is 0 Å². The Morgan fingerprint density at radius 3 is 3.27 bits per heavy atom. The minimum atomic E-state index is 1.04. The van der Waals surface area contributed by atoms with E-state index in [-0.39, 0.29) is 0 Å². The molecule has 1 fully saturated rings. The summed E-state index contributed by atoms with van der Waals surface area (Å²) in [4.78, 5) is 5.32. The fourth-order valence-electron chi connectivity index (χ4n) is 0.930. The highest BCUT2D eigenvalue weighted by atomic mass is 32.2. The van der Waals surface area contributed by atoms with Crippen LogP contribution < -0.4 is 0 Å². The molecule has 4 nitrogen and oxygen atoms in total. The molecule has 0 amide bonds. The van der Waals surface area contributed by atoms with Crippen LogP contribution in [0.25, 0.3) is 0 Å². The van der Waals surface area contributed by atoms with Gasteiger partial charge in [-0.15, -0.1) is 9.89 Å². The van der Waals surface area contributed by atoms with Crippen molar-refractivity contribution in [2.75, 3.05) is 11.5 Å². The lowest BCUT2D eigenvalue weighted by atomic mass is 10.3. The molecule has 0 aromatic carbocycles. The van der Waals surface area contributed by atoms with Crippen LogP contribution in [0.2, 0.25) is 0 Å². The summed E-state index contributed by atoms with van der Waals surface area (Å²) in [5.74, 6) is 2.23. The summed E-state index contributed by atoms with van der Waals surface area (Å²) in [6.07, 6.45) is 4.19. The van der Waals surface area contributed by atoms with Crippen molar-refractivity contribution in [3.8, 4) is 0 Å². The fraction of sp³-hybridized carbons (Fsp3) is 0.500. The van der Waals surface area contributed by atoms with Crippen molar-refractivity contribution in [1.29, 1.82) is 0 Å². The molecule has 0 aliphatic carbocycles. The van der Waals surface area contributed by atoms with Gasteiger partial charge in [0.2, 0.25) is 0 Å². The van der Waals surface area contributed by atoms with E-state index in [9.17, 15) is 0 Å². The number of rotatable bonds is 1. The Bertz CT molecular complexity index is 246. The first-order valence-corrected chi connectivity index (χ1v) is 4.60. The molecule has 0 spiro atoms. The molecule has 1 aliphatic heterocycles. The number of hydrogen-bond acceptors (Lipinski definition) is 4. The minimum absolute atomic E-state index is 1.04. The first kappa shape index (κ1) is 6.84. The second-order valence-corrected chi connectivity index (χ2v) is 3.39. The molecule has 0 radical (unpaired) electrons. The smallest absolute Gasteiger partial charge is 0.139 e. The van der Waals surface area contributed by atoms with E-state index in [2.05, 4.69) is 15.2 Å². The highest BCUT2D eigenvalue weighted by Crippen LogP contribution is 2.14. The molecule has 5 heteroatoms. The Balaban J connectivity index is 2.13. The molecule has 58 valence electrons. The molecule has 0 atom stereocenters. The van der Waals surface area contributed by atoms with E-state index >= 15 is 0 Å². The van der Waals surface area contributed by atoms with Gasteiger partial charge in [0.25, 0.3) is 0 Å². The summed E-state index contributed by atoms with van der Waals surface area (Å²) < 4.78 is 0. The normalized spacial score (nSPS) is 21.3. The topological polar surface area (TPSA) is 43.1 Å². The SMILES string of the molecule is c1ncn(/N=C2/CCSC2)n1. The quantitative estimate of drug-likeness (QED) is 0.617. The van der Waals surface area contributed by atoms with Gasteiger partial charge in [-0.1, -0.05) is 0 Å². The maximum Gasteiger partial charge on any atom is 0.139 e. The molecule has 2 heterocycles. The average molecular weight is 168 g/mol. The lowest BCUT2D eigenvalue weighted by molar-refractivity contribution is 0.735. The summed E-state index contributed by atoms with van der Waals surface area (Å²) >= 11 is 1.91. The molecule has 0 N–H and O–H groups in total. The van der Waals surface area contributed by atoms with Gasteiger partial charge in [0, 0.05) is 5.75 Å². The third-order valence-electron chi connectivity index (χ3n) is 1.45. The van der Waals surface area contributed by atoms with Gasteiger partial charge in [0.05, 0.1) is 5.71 Å². The van der Waals surface area contributed by atoms with Gasteiger partial charge in [-0.2, -0.15) is 16.9 Å². The van der Waals surface area contributed by atoms with Crippen LogP contribution in [0.15, 0.2) is 17.8 Å². The van der Waals surface area contributed by atoms with Crippen molar-refractivity contribution in [1.82, 2.24) is 14.9 Å². The van der Waals surface area contributed by atoms with Crippen LogP contribution >= 0.6 is 11.8 Å². The molecule has 0 unspecified atom stereocenters. The number of hydrogen-bond donors (Lipinski definition) is 0. The average Bonchev–Trinajstić information content (AvgIpc) is 2.60. The van der Waals surface area contributed by atoms with Crippen LogP contribution in [0, 0.1) is 0 Å². The second kappa shape index (κ2) is 3.04. The summed E-state index contributed by atoms with van der Waals surface area (Å²) in [7, 11) is 0. The first-order valence-electron chi connectivity index (χ1n) is 3.44. The van der Waals surface area contributed by atoms with Crippen LogP contribution in [0.3, 0.4) is 0 Å². The Kier molecular flexibility index (Phi) is 1.89. The van der Waals surface area contributed by atoms with Gasteiger partial charge >= 0.3 is 0 Å². The Morgan fingerprint density at radius 1 is 1.64 bits per heavy atom. The maximum absolute atomic E-state index is 4.26. The van der Waals surface area contributed by atoms with Gasteiger partial charge in [-0.25, -0.2) is 4.98 Å². The van der Waals surface area contributed by atoms with Crippen LogP contribution in [-0.2, 0) is 0 Å². The number of thioether (sulfide) groups is 1. The maximum atomic E-state index is 4.26. The molecule has 0 saturated carbocycles. The van der Waals surface area contributed by atoms with Gasteiger partial charge in [-0.05, 0) is 12.2 Å². The molecule has 11 heavy (non-hydrogen) atoms. The second-order valence-electron chi connectivity index (χ2n) is 2.28. The van der Waals surface area contributed by atoms with Crippen LogP contribution in [0.5, 0.6) is 0 Å². The lowest BCUT2D eigenvalue weighted by Gasteiger charge is -1.91. The van der Waals surface area contributed by atoms with Gasteiger partial charge in [0.1, 0.15) is 12.7 Å². The molecular weight excluding hydrogens is 160 g/mol. The highest BCUT2D eigenvalue weighted by molar-refractivity contribution is 8.00. The van der Waals surface area contributed by atoms with E-state index in [1.54, 1.807) is 6.33 Å². The predicted molar refractivity (Wildman–Crippen MR) is 44.8 cm³/mol. The predicted octanol–water partition coefficient (Wildman–Crippen LogP) is 0.619. The zero-order chi connectivity index (χ0) is 7.52. The third-order valence-corrected chi connectivity index (χ3v) is 2.48. The number of nitrogens with zero attached hydrogens (tertiary/aromatic N) is 4. The highest BCUT2D eigenvalue weighted by Gasteiger charge is 2.08. The summed E-state index contributed by atoms with van der Waals surface area (Å²) in [5.41, 5.74) is 1.21. The summed E-state index contributed by atoms with van der Waals surface area (Å²) in [6.45, 7) is 0. The minimum Gasteiger partial charge on any atom is -0.221 e. The van der Waals surface area contributed by atoms with E-state index in [1.165, 1.54) is 22.6 Å². The Labute approximate surface area is 68.7 Å². The van der Waals surface area contributed by atoms with Gasteiger partial charge in [0.15, 0.2) is 0 Å². The Hall–Kier alpha value is -0.840. The monoisotopic (exact) mass is 168 g/mol. The van der Waals surface area contributed by atoms with Crippen molar-refractivity contribution in [2.24, 2.45) is 5.10 Å². The van der Waals surface area contributed by atoms with Crippen LogP contribution in [0.4, 0.5) is 0 Å². The third kappa shape index (κ3) is 1.59. The molecule has 1 saturated heterocycles. The van der Waals surface area contributed by atoms with E-state index < -0.39 is 0 Å². The van der Waals surface area contributed by atoms with Gasteiger partial charge < -0.3 is 0 Å². The molecule has 2 rings (SSSR count). The fourth-order valence-corrected chi connectivity index (χ4v) is 1.89. The van der Waals surface area contributed by atoms with Crippen molar-refractivity contribution in [3.63, 3.8) is 0 Å². The number of aromatic nitrogens is 3. The van der Waals surface area contributed by atoms with Crippen LogP contribution in [0.1, 0.15) is 6.42 Å². The van der Waals surface area contributed by atoms with E-state index in [4.69, 9.17) is 0 Å². The largest absolute Gasteiger partial charge is 0.221 e. The summed E-state index contributed by atoms with van der Waals surface area (Å²) in [6, 6.07) is 0. The van der Waals surface area contributed by atoms with Crippen LogP contribution in [-0.4, -0.2) is 32.1 Å². The lowest BCUT2D eigenvalue weighted by Crippen LogP contribution is -1.99. The molecular formula is C6H8N4S. The standard InChI is InChI=1S/C6H8N4S/c1-2-11-3-6(1)9-10-5-7-4-8-10/h4-5H,1-3H2/b9-6-. The molecule has 0 bridgehead atoms. The molecule has 1 aliphatic rings. The van der Waals surface area contributed by atoms with Gasteiger partial charge in [-0.3, -0.25) is 0 Å². The van der Waals surface area contributed by atoms with Crippen molar-refractivity contribution < 1.29 is 0 Å². The molecule has 1 aromatic heterocycles. The van der Waals surface area contributed by atoms with Crippen molar-refractivity contribution in [3.05, 3.63) is 12.7 Å². The zero-order valence-electron chi connectivity index (χ0n) is 5.97. The van der Waals surface area contributed by atoms with Crippen molar-refractivity contribution >= 4 is 17.5 Å². The van der Waals surface area contributed by atoms with E-state index in [1.807, 2.05) is 11.8 Å². The molecule has 1 aromatic rings. The zero-order valence-corrected chi connectivity index (χ0v) is 6.79. The first-order chi connectivity index (χ1) is 5.45. The van der Waals surface area contributed by atoms with E-state index in [0.717, 1.165) is 12.2 Å². The van der Waals surface area contributed by atoms with Crippen molar-refractivity contribution in [2.45, 2.75) is 6.42 Å².